The third-order valence-electron chi connectivity index (χ3n) is 2.54. The number of hydrogen-bond acceptors (Lipinski definition) is 3. The van der Waals surface area contributed by atoms with E-state index in [1.165, 1.54) is 5.56 Å². The van der Waals surface area contributed by atoms with Crippen molar-refractivity contribution in [2.75, 3.05) is 7.11 Å². The van der Waals surface area contributed by atoms with E-state index in [0.29, 0.717) is 0 Å². The summed E-state index contributed by atoms with van der Waals surface area (Å²) in [7, 11) is 1.68. The minimum Gasteiger partial charge on any atom is -0.497 e. The SMILES string of the molecule is COc1cccc(Cc2cncnc2C)c1. The molecule has 0 atom stereocenters. The van der Waals surface area contributed by atoms with Gasteiger partial charge in [-0.15, -0.1) is 0 Å². The van der Waals surface area contributed by atoms with Gasteiger partial charge in [-0.3, -0.25) is 0 Å². The molecule has 0 aliphatic heterocycles. The first-order chi connectivity index (χ1) is 7.79. The Hall–Kier alpha value is -1.90. The average Bonchev–Trinajstić information content (AvgIpc) is 2.32. The van der Waals surface area contributed by atoms with E-state index in [4.69, 9.17) is 4.74 Å². The van der Waals surface area contributed by atoms with Crippen LogP contribution in [0.2, 0.25) is 0 Å². The van der Waals surface area contributed by atoms with Gasteiger partial charge in [0, 0.05) is 18.3 Å². The van der Waals surface area contributed by atoms with Gasteiger partial charge in [0.2, 0.25) is 0 Å². The molecular formula is C13H14N2O. The van der Waals surface area contributed by atoms with Crippen LogP contribution in [0.3, 0.4) is 0 Å². The fourth-order valence-electron chi connectivity index (χ4n) is 1.60. The molecule has 1 heterocycles. The van der Waals surface area contributed by atoms with Crippen molar-refractivity contribution < 1.29 is 4.74 Å². The molecule has 0 spiro atoms. The third-order valence-corrected chi connectivity index (χ3v) is 2.54. The fraction of sp³-hybridized carbons (Fsp3) is 0.231. The second-order valence-corrected chi connectivity index (χ2v) is 3.66. The molecule has 3 nitrogen and oxygen atoms in total. The molecule has 3 heteroatoms. The Morgan fingerprint density at radius 3 is 2.94 bits per heavy atom. The fourth-order valence-corrected chi connectivity index (χ4v) is 1.60. The molecule has 0 aliphatic carbocycles. The molecule has 2 rings (SSSR count). The Labute approximate surface area is 95.1 Å². The monoisotopic (exact) mass is 214 g/mol. The minimum atomic E-state index is 0.837. The number of nitrogens with zero attached hydrogens (tertiary/aromatic N) is 2. The molecule has 0 saturated heterocycles. The molecule has 0 aliphatic rings. The molecule has 0 amide bonds. The number of aromatic nitrogens is 2. The number of benzene rings is 1. The summed E-state index contributed by atoms with van der Waals surface area (Å²) in [5.41, 5.74) is 3.38. The standard InChI is InChI=1S/C13H14N2O/c1-10-12(8-14-9-15-10)6-11-4-3-5-13(7-11)16-2/h3-5,7-9H,6H2,1-2H3. The maximum Gasteiger partial charge on any atom is 0.119 e. The number of aryl methyl sites for hydroxylation is 1. The van der Waals surface area contributed by atoms with Crippen molar-refractivity contribution >= 4 is 0 Å². The van der Waals surface area contributed by atoms with Crippen LogP contribution in [0.5, 0.6) is 5.75 Å². The highest BCUT2D eigenvalue weighted by molar-refractivity contribution is 5.32. The molecule has 0 saturated carbocycles. The maximum absolute atomic E-state index is 5.19. The van der Waals surface area contributed by atoms with E-state index in [-0.39, 0.29) is 0 Å². The van der Waals surface area contributed by atoms with E-state index in [9.17, 15) is 0 Å². The van der Waals surface area contributed by atoms with Crippen molar-refractivity contribution in [2.24, 2.45) is 0 Å². The van der Waals surface area contributed by atoms with Crippen LogP contribution in [-0.4, -0.2) is 17.1 Å². The molecule has 0 fully saturated rings. The number of ether oxygens (including phenoxy) is 1. The summed E-state index contributed by atoms with van der Waals surface area (Å²) in [6.45, 7) is 2.00. The molecule has 82 valence electrons. The lowest BCUT2D eigenvalue weighted by atomic mass is 10.1. The second kappa shape index (κ2) is 4.75. The van der Waals surface area contributed by atoms with Gasteiger partial charge in [0.05, 0.1) is 7.11 Å². The summed E-state index contributed by atoms with van der Waals surface area (Å²) < 4.78 is 5.19. The molecule has 1 aromatic carbocycles. The lowest BCUT2D eigenvalue weighted by Gasteiger charge is -2.06. The quantitative estimate of drug-likeness (QED) is 0.786. The molecule has 16 heavy (non-hydrogen) atoms. The molecule has 2 aromatic rings. The van der Waals surface area contributed by atoms with Crippen molar-refractivity contribution in [2.45, 2.75) is 13.3 Å². The van der Waals surface area contributed by atoms with Gasteiger partial charge in [0.1, 0.15) is 12.1 Å². The van der Waals surface area contributed by atoms with E-state index in [0.717, 1.165) is 23.4 Å². The molecule has 0 bridgehead atoms. The minimum absolute atomic E-state index is 0.837. The van der Waals surface area contributed by atoms with Crippen LogP contribution < -0.4 is 4.74 Å². The van der Waals surface area contributed by atoms with E-state index in [1.807, 2.05) is 31.3 Å². The van der Waals surface area contributed by atoms with Gasteiger partial charge in [-0.05, 0) is 30.2 Å². The number of rotatable bonds is 3. The highest BCUT2D eigenvalue weighted by Gasteiger charge is 2.02. The highest BCUT2D eigenvalue weighted by Crippen LogP contribution is 2.16. The summed E-state index contributed by atoms with van der Waals surface area (Å²) in [5, 5.41) is 0. The van der Waals surface area contributed by atoms with Crippen LogP contribution in [0.25, 0.3) is 0 Å². The van der Waals surface area contributed by atoms with E-state index < -0.39 is 0 Å². The first-order valence-corrected chi connectivity index (χ1v) is 5.18. The summed E-state index contributed by atoms with van der Waals surface area (Å²) in [6.07, 6.45) is 4.27. The zero-order valence-electron chi connectivity index (χ0n) is 9.47. The zero-order chi connectivity index (χ0) is 11.4. The van der Waals surface area contributed by atoms with Crippen molar-refractivity contribution in [3.63, 3.8) is 0 Å². The van der Waals surface area contributed by atoms with Crippen molar-refractivity contribution in [3.05, 3.63) is 53.6 Å². The predicted octanol–water partition coefficient (Wildman–Crippen LogP) is 2.38. The second-order valence-electron chi connectivity index (χ2n) is 3.66. The van der Waals surface area contributed by atoms with Crippen LogP contribution in [0.15, 0.2) is 36.8 Å². The van der Waals surface area contributed by atoms with Crippen LogP contribution in [0, 0.1) is 6.92 Å². The summed E-state index contributed by atoms with van der Waals surface area (Å²) in [6, 6.07) is 8.05. The van der Waals surface area contributed by atoms with Crippen molar-refractivity contribution in [3.8, 4) is 5.75 Å². The summed E-state index contributed by atoms with van der Waals surface area (Å²) in [4.78, 5) is 8.22. The van der Waals surface area contributed by atoms with Gasteiger partial charge >= 0.3 is 0 Å². The average molecular weight is 214 g/mol. The van der Waals surface area contributed by atoms with E-state index in [2.05, 4.69) is 16.0 Å². The predicted molar refractivity (Wildman–Crippen MR) is 62.6 cm³/mol. The van der Waals surface area contributed by atoms with Gasteiger partial charge in [0.25, 0.3) is 0 Å². The first-order valence-electron chi connectivity index (χ1n) is 5.18. The maximum atomic E-state index is 5.19. The van der Waals surface area contributed by atoms with Crippen LogP contribution in [-0.2, 0) is 6.42 Å². The number of methoxy groups -OCH3 is 1. The molecular weight excluding hydrogens is 200 g/mol. The van der Waals surface area contributed by atoms with Crippen LogP contribution >= 0.6 is 0 Å². The molecule has 0 radical (unpaired) electrons. The molecule has 0 N–H and O–H groups in total. The topological polar surface area (TPSA) is 35.0 Å². The Bertz CT molecular complexity index is 483. The van der Waals surface area contributed by atoms with Gasteiger partial charge in [-0.2, -0.15) is 0 Å². The van der Waals surface area contributed by atoms with Gasteiger partial charge in [0.15, 0.2) is 0 Å². The first kappa shape index (κ1) is 10.6. The number of hydrogen-bond donors (Lipinski definition) is 0. The Balaban J connectivity index is 2.24. The molecule has 0 unspecified atom stereocenters. The summed E-state index contributed by atoms with van der Waals surface area (Å²) >= 11 is 0. The van der Waals surface area contributed by atoms with E-state index in [1.54, 1.807) is 13.4 Å². The van der Waals surface area contributed by atoms with Gasteiger partial charge < -0.3 is 4.74 Å². The Morgan fingerprint density at radius 2 is 2.19 bits per heavy atom. The lowest BCUT2D eigenvalue weighted by Crippen LogP contribution is -1.96. The largest absolute Gasteiger partial charge is 0.497 e. The van der Waals surface area contributed by atoms with Crippen LogP contribution in [0.4, 0.5) is 0 Å². The Morgan fingerprint density at radius 1 is 1.31 bits per heavy atom. The van der Waals surface area contributed by atoms with Gasteiger partial charge in [-0.1, -0.05) is 12.1 Å². The lowest BCUT2D eigenvalue weighted by molar-refractivity contribution is 0.414. The van der Waals surface area contributed by atoms with Crippen LogP contribution in [0.1, 0.15) is 16.8 Å². The van der Waals surface area contributed by atoms with Gasteiger partial charge in [-0.25, -0.2) is 9.97 Å². The highest BCUT2D eigenvalue weighted by atomic mass is 16.5. The summed E-state index contributed by atoms with van der Waals surface area (Å²) in [5.74, 6) is 0.881. The third kappa shape index (κ3) is 2.37. The normalized spacial score (nSPS) is 10.1. The smallest absolute Gasteiger partial charge is 0.119 e. The van der Waals surface area contributed by atoms with Crippen molar-refractivity contribution in [1.82, 2.24) is 9.97 Å². The van der Waals surface area contributed by atoms with Crippen molar-refractivity contribution in [1.29, 1.82) is 0 Å². The molecule has 1 aromatic heterocycles. The zero-order valence-corrected chi connectivity index (χ0v) is 9.47. The van der Waals surface area contributed by atoms with E-state index >= 15 is 0 Å². The Kier molecular flexibility index (Phi) is 3.15.